The normalized spacial score (nSPS) is 29.9. The zero-order valence-electron chi connectivity index (χ0n) is 11.6. The number of nitrogens with one attached hydrogen (secondary N) is 1. The number of ether oxygens (including phenoxy) is 1. The van der Waals surface area contributed by atoms with E-state index in [-0.39, 0.29) is 18.1 Å². The molecule has 0 aliphatic heterocycles. The van der Waals surface area contributed by atoms with Gasteiger partial charge in [0.15, 0.2) is 0 Å². The van der Waals surface area contributed by atoms with Crippen LogP contribution in [0, 0.1) is 5.41 Å². The quantitative estimate of drug-likeness (QED) is 0.774. The van der Waals surface area contributed by atoms with Crippen molar-refractivity contribution in [1.29, 1.82) is 0 Å². The summed E-state index contributed by atoms with van der Waals surface area (Å²) in [6, 6.07) is 0.214. The van der Waals surface area contributed by atoms with Crippen molar-refractivity contribution in [1.82, 2.24) is 5.32 Å². The average Bonchev–Trinajstić information content (AvgIpc) is 2.87. The van der Waals surface area contributed by atoms with Crippen LogP contribution in [0.2, 0.25) is 0 Å². The summed E-state index contributed by atoms with van der Waals surface area (Å²) >= 11 is 5.18. The fraction of sp³-hybridized carbons (Fsp3) is 0.857. The highest BCUT2D eigenvalue weighted by molar-refractivity contribution is 7.80. The maximum atomic E-state index is 12.6. The van der Waals surface area contributed by atoms with Gasteiger partial charge in [0.25, 0.3) is 0 Å². The maximum absolute atomic E-state index is 12.6. The van der Waals surface area contributed by atoms with Crippen molar-refractivity contribution in [2.24, 2.45) is 11.1 Å². The van der Waals surface area contributed by atoms with Crippen LogP contribution < -0.4 is 11.1 Å². The molecule has 2 saturated carbocycles. The van der Waals surface area contributed by atoms with Gasteiger partial charge in [-0.15, -0.1) is 0 Å². The fourth-order valence-corrected chi connectivity index (χ4v) is 3.65. The number of hydrogen-bond acceptors (Lipinski definition) is 3. The van der Waals surface area contributed by atoms with Crippen molar-refractivity contribution in [2.75, 3.05) is 7.11 Å². The molecule has 4 nitrogen and oxygen atoms in total. The van der Waals surface area contributed by atoms with Gasteiger partial charge in [0.1, 0.15) is 0 Å². The monoisotopic (exact) mass is 284 g/mol. The number of thiocarbonyl (C=S) groups is 1. The predicted octanol–water partition coefficient (Wildman–Crippen LogP) is 1.91. The summed E-state index contributed by atoms with van der Waals surface area (Å²) in [6.07, 6.45) is 8.02. The van der Waals surface area contributed by atoms with Crippen LogP contribution in [0.15, 0.2) is 0 Å². The first kappa shape index (κ1) is 14.7. The highest BCUT2D eigenvalue weighted by atomic mass is 32.1. The molecule has 0 bridgehead atoms. The van der Waals surface area contributed by atoms with Crippen molar-refractivity contribution in [2.45, 2.75) is 63.5 Å². The molecule has 0 aromatic carbocycles. The third-order valence-electron chi connectivity index (χ3n) is 4.67. The van der Waals surface area contributed by atoms with E-state index in [2.05, 4.69) is 5.32 Å². The van der Waals surface area contributed by atoms with Crippen LogP contribution in [-0.2, 0) is 9.53 Å². The molecule has 1 amide bonds. The largest absolute Gasteiger partial charge is 0.392 e. The second kappa shape index (κ2) is 6.18. The molecule has 108 valence electrons. The van der Waals surface area contributed by atoms with E-state index in [0.29, 0.717) is 4.99 Å². The lowest BCUT2D eigenvalue weighted by atomic mass is 9.73. The van der Waals surface area contributed by atoms with E-state index in [0.717, 1.165) is 44.9 Å². The lowest BCUT2D eigenvalue weighted by Gasteiger charge is -2.35. The molecule has 2 unspecified atom stereocenters. The topological polar surface area (TPSA) is 64.3 Å². The minimum Gasteiger partial charge on any atom is -0.392 e. The third kappa shape index (κ3) is 3.08. The lowest BCUT2D eigenvalue weighted by molar-refractivity contribution is -0.129. The Bertz CT molecular complexity index is 353. The molecule has 0 spiro atoms. The number of hydrogen-bond donors (Lipinski definition) is 2. The number of carbonyl (C=O) groups excluding carboxylic acids is 1. The van der Waals surface area contributed by atoms with E-state index in [1.54, 1.807) is 7.11 Å². The Morgan fingerprint density at radius 2 is 2.00 bits per heavy atom. The van der Waals surface area contributed by atoms with Crippen LogP contribution in [0.5, 0.6) is 0 Å². The van der Waals surface area contributed by atoms with Crippen LogP contribution in [0.4, 0.5) is 0 Å². The highest BCUT2D eigenvalue weighted by Crippen LogP contribution is 2.37. The van der Waals surface area contributed by atoms with E-state index in [9.17, 15) is 4.79 Å². The smallest absolute Gasteiger partial charge is 0.233 e. The highest BCUT2D eigenvalue weighted by Gasteiger charge is 2.43. The van der Waals surface area contributed by atoms with Gasteiger partial charge in [0.2, 0.25) is 5.91 Å². The molecule has 3 N–H and O–H groups in total. The van der Waals surface area contributed by atoms with Gasteiger partial charge in [-0.25, -0.2) is 0 Å². The van der Waals surface area contributed by atoms with Crippen LogP contribution in [0.3, 0.4) is 0 Å². The molecule has 2 fully saturated rings. The van der Waals surface area contributed by atoms with E-state index >= 15 is 0 Å². The zero-order chi connectivity index (χ0) is 13.9. The lowest BCUT2D eigenvalue weighted by Crippen LogP contribution is -2.52. The maximum Gasteiger partial charge on any atom is 0.233 e. The number of methoxy groups -OCH3 is 1. The Balaban J connectivity index is 1.98. The van der Waals surface area contributed by atoms with Gasteiger partial charge in [-0.3, -0.25) is 4.79 Å². The van der Waals surface area contributed by atoms with Crippen molar-refractivity contribution in [3.05, 3.63) is 0 Å². The molecule has 5 heteroatoms. The fourth-order valence-electron chi connectivity index (χ4n) is 3.35. The van der Waals surface area contributed by atoms with E-state index < -0.39 is 5.41 Å². The molecule has 2 atom stereocenters. The summed E-state index contributed by atoms with van der Waals surface area (Å²) in [5.74, 6) is 0.0430. The van der Waals surface area contributed by atoms with Crippen molar-refractivity contribution >= 4 is 23.1 Å². The first-order valence-corrected chi connectivity index (χ1v) is 7.63. The molecule has 0 aromatic rings. The van der Waals surface area contributed by atoms with Crippen LogP contribution in [-0.4, -0.2) is 30.2 Å². The van der Waals surface area contributed by atoms with Gasteiger partial charge >= 0.3 is 0 Å². The summed E-state index contributed by atoms with van der Waals surface area (Å²) in [6.45, 7) is 0. The molecule has 0 heterocycles. The Morgan fingerprint density at radius 1 is 1.32 bits per heavy atom. The molecular formula is C14H24N2O2S. The molecular weight excluding hydrogens is 260 g/mol. The van der Waals surface area contributed by atoms with Crippen LogP contribution in [0.25, 0.3) is 0 Å². The Labute approximate surface area is 120 Å². The summed E-state index contributed by atoms with van der Waals surface area (Å²) in [7, 11) is 1.73. The number of rotatable bonds is 4. The summed E-state index contributed by atoms with van der Waals surface area (Å²) in [5, 5.41) is 3.15. The predicted molar refractivity (Wildman–Crippen MR) is 78.9 cm³/mol. The van der Waals surface area contributed by atoms with Crippen LogP contribution >= 0.6 is 12.2 Å². The van der Waals surface area contributed by atoms with E-state index in [1.807, 2.05) is 0 Å². The zero-order valence-corrected chi connectivity index (χ0v) is 12.4. The van der Waals surface area contributed by atoms with Crippen LogP contribution in [0.1, 0.15) is 51.4 Å². The van der Waals surface area contributed by atoms with Crippen molar-refractivity contribution < 1.29 is 9.53 Å². The average molecular weight is 284 g/mol. The molecule has 2 aliphatic rings. The van der Waals surface area contributed by atoms with Gasteiger partial charge in [0.05, 0.1) is 16.5 Å². The standard InChI is InChI=1S/C14H24N2O2S/c1-18-11-6-5-10(9-11)16-13(17)14(12(15)19)7-3-2-4-8-14/h10-11H,2-9H2,1H3,(H2,15,19)(H,16,17). The van der Waals surface area contributed by atoms with Gasteiger partial charge in [0, 0.05) is 13.2 Å². The first-order valence-electron chi connectivity index (χ1n) is 7.22. The minimum absolute atomic E-state index is 0.0430. The molecule has 2 aliphatic carbocycles. The molecule has 0 radical (unpaired) electrons. The van der Waals surface area contributed by atoms with Gasteiger partial charge in [-0.1, -0.05) is 31.5 Å². The summed E-state index contributed by atoms with van der Waals surface area (Å²) in [5.41, 5.74) is 5.28. The molecule has 0 saturated heterocycles. The Kier molecular flexibility index (Phi) is 4.79. The summed E-state index contributed by atoms with van der Waals surface area (Å²) in [4.78, 5) is 13.0. The Morgan fingerprint density at radius 3 is 2.53 bits per heavy atom. The molecule has 19 heavy (non-hydrogen) atoms. The van der Waals surface area contributed by atoms with E-state index in [4.69, 9.17) is 22.7 Å². The van der Waals surface area contributed by atoms with Gasteiger partial charge in [-0.2, -0.15) is 0 Å². The van der Waals surface area contributed by atoms with Gasteiger partial charge < -0.3 is 15.8 Å². The molecule has 2 rings (SSSR count). The second-order valence-electron chi connectivity index (χ2n) is 5.85. The first-order chi connectivity index (χ1) is 9.08. The summed E-state index contributed by atoms with van der Waals surface area (Å²) < 4.78 is 5.34. The third-order valence-corrected chi connectivity index (χ3v) is 5.06. The number of amides is 1. The van der Waals surface area contributed by atoms with Gasteiger partial charge in [-0.05, 0) is 32.1 Å². The number of nitrogens with two attached hydrogens (primary N) is 1. The molecule has 0 aromatic heterocycles. The van der Waals surface area contributed by atoms with Crippen molar-refractivity contribution in [3.63, 3.8) is 0 Å². The van der Waals surface area contributed by atoms with Crippen molar-refractivity contribution in [3.8, 4) is 0 Å². The SMILES string of the molecule is COC1CCC(NC(=O)C2(C(N)=S)CCCCC2)C1. The van der Waals surface area contributed by atoms with E-state index in [1.165, 1.54) is 6.42 Å². The number of carbonyl (C=O) groups is 1. The minimum atomic E-state index is -0.598. The second-order valence-corrected chi connectivity index (χ2v) is 6.29. The Hall–Kier alpha value is -0.680.